The maximum Gasteiger partial charge on any atom is 0.225 e. The fraction of sp³-hybridized carbons (Fsp3) is 0.381. The van der Waals surface area contributed by atoms with E-state index in [-0.39, 0.29) is 23.4 Å². The number of nitrogens with zero attached hydrogens (tertiary/aromatic N) is 2. The van der Waals surface area contributed by atoms with Crippen LogP contribution in [0.4, 0.5) is 10.1 Å². The highest BCUT2D eigenvalue weighted by molar-refractivity contribution is 5.90. The summed E-state index contributed by atoms with van der Waals surface area (Å²) in [4.78, 5) is 30.7. The van der Waals surface area contributed by atoms with E-state index in [1.807, 2.05) is 18.2 Å². The molecule has 6 nitrogen and oxygen atoms in total. The number of rotatable bonds is 7. The molecule has 1 aromatic heterocycles. The van der Waals surface area contributed by atoms with Gasteiger partial charge in [-0.2, -0.15) is 0 Å². The molecule has 28 heavy (non-hydrogen) atoms. The van der Waals surface area contributed by atoms with Crippen molar-refractivity contribution in [2.75, 3.05) is 25.0 Å². The molecule has 2 aromatic rings. The molecule has 1 aliphatic rings. The number of pyridine rings is 1. The number of hydrogen-bond acceptors (Lipinski definition) is 4. The summed E-state index contributed by atoms with van der Waals surface area (Å²) in [5.74, 6) is -0.594. The Morgan fingerprint density at radius 3 is 2.57 bits per heavy atom. The molecule has 0 aliphatic carbocycles. The number of carbonyl (C=O) groups excluding carboxylic acids is 2. The summed E-state index contributed by atoms with van der Waals surface area (Å²) < 4.78 is 13.6. The lowest BCUT2D eigenvalue weighted by Crippen LogP contribution is -2.41. The van der Waals surface area contributed by atoms with E-state index in [2.05, 4.69) is 20.5 Å². The van der Waals surface area contributed by atoms with Crippen LogP contribution in [0.25, 0.3) is 0 Å². The monoisotopic (exact) mass is 384 g/mol. The van der Waals surface area contributed by atoms with Crippen LogP contribution in [0.3, 0.4) is 0 Å². The molecule has 0 atom stereocenters. The van der Waals surface area contributed by atoms with E-state index in [9.17, 15) is 14.0 Å². The van der Waals surface area contributed by atoms with Crippen LogP contribution in [0.1, 0.15) is 25.0 Å². The van der Waals surface area contributed by atoms with E-state index in [1.165, 1.54) is 6.07 Å². The number of carbonyl (C=O) groups is 2. The van der Waals surface area contributed by atoms with E-state index >= 15 is 0 Å². The van der Waals surface area contributed by atoms with Gasteiger partial charge in [0.2, 0.25) is 11.8 Å². The second kappa shape index (κ2) is 9.94. The summed E-state index contributed by atoms with van der Waals surface area (Å²) in [5, 5.41) is 5.55. The molecule has 0 saturated carbocycles. The van der Waals surface area contributed by atoms with Crippen LogP contribution in [0.15, 0.2) is 48.7 Å². The van der Waals surface area contributed by atoms with Crippen molar-refractivity contribution in [3.05, 3.63) is 60.2 Å². The van der Waals surface area contributed by atoms with Crippen molar-refractivity contribution in [2.45, 2.75) is 25.8 Å². The molecule has 3 rings (SSSR count). The molecule has 0 radical (unpaired) electrons. The van der Waals surface area contributed by atoms with E-state index in [4.69, 9.17) is 0 Å². The van der Waals surface area contributed by atoms with Gasteiger partial charge in [0.25, 0.3) is 0 Å². The summed E-state index contributed by atoms with van der Waals surface area (Å²) in [5.41, 5.74) is 1.05. The number of amides is 2. The highest BCUT2D eigenvalue weighted by Crippen LogP contribution is 2.18. The molecule has 0 unspecified atom stereocenters. The molecule has 2 amide bonds. The maximum absolute atomic E-state index is 13.6. The molecule has 148 valence electrons. The van der Waals surface area contributed by atoms with E-state index in [1.54, 1.807) is 24.4 Å². The molecular formula is C21H25FN4O2. The lowest BCUT2D eigenvalue weighted by molar-refractivity contribution is -0.126. The minimum atomic E-state index is -0.437. The molecule has 1 aromatic carbocycles. The number of likely N-dealkylation sites (tertiary alicyclic amines) is 1. The molecule has 0 spiro atoms. The van der Waals surface area contributed by atoms with Crippen LogP contribution in [0.2, 0.25) is 0 Å². The first-order valence-electron chi connectivity index (χ1n) is 9.56. The van der Waals surface area contributed by atoms with Gasteiger partial charge in [0, 0.05) is 25.1 Å². The third-order valence-corrected chi connectivity index (χ3v) is 4.93. The van der Waals surface area contributed by atoms with Crippen molar-refractivity contribution in [3.63, 3.8) is 0 Å². The number of benzene rings is 1. The Labute approximate surface area is 164 Å². The SMILES string of the molecule is O=C(CCN1CCC(C(=O)NCc2ccccn2)CC1)Nc1ccccc1F. The Hall–Kier alpha value is -2.80. The summed E-state index contributed by atoms with van der Waals surface area (Å²) in [6.45, 7) is 2.59. The zero-order valence-corrected chi connectivity index (χ0v) is 15.7. The van der Waals surface area contributed by atoms with Crippen molar-refractivity contribution in [3.8, 4) is 0 Å². The third-order valence-electron chi connectivity index (χ3n) is 4.93. The molecule has 1 fully saturated rings. The van der Waals surface area contributed by atoms with Crippen LogP contribution in [0, 0.1) is 11.7 Å². The van der Waals surface area contributed by atoms with Gasteiger partial charge in [-0.25, -0.2) is 4.39 Å². The molecular weight excluding hydrogens is 359 g/mol. The van der Waals surface area contributed by atoms with Crippen molar-refractivity contribution in [1.29, 1.82) is 0 Å². The van der Waals surface area contributed by atoms with E-state index in [0.29, 0.717) is 19.5 Å². The van der Waals surface area contributed by atoms with Gasteiger partial charge in [-0.15, -0.1) is 0 Å². The molecule has 1 aliphatic heterocycles. The van der Waals surface area contributed by atoms with Crippen LogP contribution in [-0.2, 0) is 16.1 Å². The predicted octanol–water partition coefficient (Wildman–Crippen LogP) is 2.58. The maximum atomic E-state index is 13.6. The Kier molecular flexibility index (Phi) is 7.08. The number of hydrogen-bond donors (Lipinski definition) is 2. The summed E-state index contributed by atoms with van der Waals surface area (Å²) in [7, 11) is 0. The normalized spacial score (nSPS) is 15.2. The van der Waals surface area contributed by atoms with E-state index < -0.39 is 5.82 Å². The van der Waals surface area contributed by atoms with Gasteiger partial charge in [0.1, 0.15) is 5.82 Å². The zero-order chi connectivity index (χ0) is 19.8. The van der Waals surface area contributed by atoms with Crippen LogP contribution < -0.4 is 10.6 Å². The van der Waals surface area contributed by atoms with Crippen molar-refractivity contribution in [1.82, 2.24) is 15.2 Å². The standard InChI is InChI=1S/C21H25FN4O2/c22-18-6-1-2-7-19(18)25-20(27)10-14-26-12-8-16(9-13-26)21(28)24-15-17-5-3-4-11-23-17/h1-7,11,16H,8-10,12-15H2,(H,24,28)(H,25,27). The summed E-state index contributed by atoms with van der Waals surface area (Å²) >= 11 is 0. The predicted molar refractivity (Wildman–Crippen MR) is 105 cm³/mol. The van der Waals surface area contributed by atoms with Gasteiger partial charge >= 0.3 is 0 Å². The average Bonchev–Trinajstić information content (AvgIpc) is 2.73. The topological polar surface area (TPSA) is 74.3 Å². The highest BCUT2D eigenvalue weighted by atomic mass is 19.1. The summed E-state index contributed by atoms with van der Waals surface area (Å²) in [6, 6.07) is 11.8. The van der Waals surface area contributed by atoms with Gasteiger partial charge in [-0.05, 0) is 50.2 Å². The first-order chi connectivity index (χ1) is 13.6. The lowest BCUT2D eigenvalue weighted by atomic mass is 9.95. The highest BCUT2D eigenvalue weighted by Gasteiger charge is 2.25. The number of piperidine rings is 1. The van der Waals surface area contributed by atoms with Gasteiger partial charge in [0.15, 0.2) is 0 Å². The van der Waals surface area contributed by atoms with Gasteiger partial charge < -0.3 is 15.5 Å². The smallest absolute Gasteiger partial charge is 0.225 e. The molecule has 2 N–H and O–H groups in total. The molecule has 2 heterocycles. The Morgan fingerprint density at radius 1 is 1.11 bits per heavy atom. The van der Waals surface area contributed by atoms with Crippen molar-refractivity contribution in [2.24, 2.45) is 5.92 Å². The second-order valence-corrected chi connectivity index (χ2v) is 6.93. The summed E-state index contributed by atoms with van der Waals surface area (Å²) in [6.07, 6.45) is 3.54. The first kappa shape index (κ1) is 19.9. The van der Waals surface area contributed by atoms with Crippen molar-refractivity contribution >= 4 is 17.5 Å². The van der Waals surface area contributed by atoms with Crippen molar-refractivity contribution < 1.29 is 14.0 Å². The fourth-order valence-electron chi connectivity index (χ4n) is 3.28. The molecule has 1 saturated heterocycles. The molecule has 0 bridgehead atoms. The number of aromatic nitrogens is 1. The largest absolute Gasteiger partial charge is 0.350 e. The first-order valence-corrected chi connectivity index (χ1v) is 9.56. The second-order valence-electron chi connectivity index (χ2n) is 6.93. The van der Waals surface area contributed by atoms with Crippen LogP contribution in [0.5, 0.6) is 0 Å². The molecule has 7 heteroatoms. The Morgan fingerprint density at radius 2 is 1.86 bits per heavy atom. The minimum Gasteiger partial charge on any atom is -0.350 e. The van der Waals surface area contributed by atoms with Crippen LogP contribution in [-0.4, -0.2) is 41.3 Å². The number of para-hydroxylation sites is 1. The lowest BCUT2D eigenvalue weighted by Gasteiger charge is -2.31. The fourth-order valence-corrected chi connectivity index (χ4v) is 3.28. The van der Waals surface area contributed by atoms with Gasteiger partial charge in [-0.3, -0.25) is 14.6 Å². The zero-order valence-electron chi connectivity index (χ0n) is 15.7. The Balaban J connectivity index is 1.35. The minimum absolute atomic E-state index is 0.00722. The number of halogens is 1. The van der Waals surface area contributed by atoms with Gasteiger partial charge in [0.05, 0.1) is 17.9 Å². The van der Waals surface area contributed by atoms with E-state index in [0.717, 1.165) is 31.6 Å². The number of anilines is 1. The Bertz CT molecular complexity index is 792. The third kappa shape index (κ3) is 5.85. The quantitative estimate of drug-likeness (QED) is 0.770. The number of nitrogens with one attached hydrogen (secondary N) is 2. The van der Waals surface area contributed by atoms with Crippen LogP contribution >= 0.6 is 0 Å². The average molecular weight is 384 g/mol. The van der Waals surface area contributed by atoms with Gasteiger partial charge in [-0.1, -0.05) is 18.2 Å².